The highest BCUT2D eigenvalue weighted by atomic mass is 127. The van der Waals surface area contributed by atoms with Crippen LogP contribution in [0.3, 0.4) is 0 Å². The monoisotopic (exact) mass is 524 g/mol. The van der Waals surface area contributed by atoms with Crippen molar-refractivity contribution in [2.24, 2.45) is 10.4 Å². The van der Waals surface area contributed by atoms with Gasteiger partial charge < -0.3 is 15.5 Å². The fourth-order valence-corrected chi connectivity index (χ4v) is 2.43. The van der Waals surface area contributed by atoms with Gasteiger partial charge in [0.05, 0.1) is 6.54 Å². The van der Waals surface area contributed by atoms with Gasteiger partial charge in [-0.2, -0.15) is 0 Å². The molecular weight excluding hydrogens is 495 g/mol. The highest BCUT2D eigenvalue weighted by Crippen LogP contribution is 2.17. The molecule has 1 amide bonds. The maximum Gasteiger partial charge on any atom is 0.225 e. The van der Waals surface area contributed by atoms with Gasteiger partial charge in [0.15, 0.2) is 5.96 Å². The van der Waals surface area contributed by atoms with Gasteiger partial charge in [0, 0.05) is 36.6 Å². The van der Waals surface area contributed by atoms with Crippen LogP contribution in [0.25, 0.3) is 0 Å². The lowest BCUT2D eigenvalue weighted by atomic mass is 9.96. The fraction of sp³-hybridized carbons (Fsp3) is 0.556. The number of halogens is 2. The number of benzene rings is 1. The second kappa shape index (κ2) is 11.7. The Labute approximate surface area is 177 Å². The second-order valence-corrected chi connectivity index (χ2v) is 7.54. The minimum Gasteiger partial charge on any atom is -0.357 e. The molecule has 0 aromatic heterocycles. The van der Waals surface area contributed by atoms with Crippen molar-refractivity contribution in [2.45, 2.75) is 34.2 Å². The molecule has 0 radical (unpaired) electrons. The standard InChI is InChI=1S/C18H29BrN4O.HI/c1-6-20-17(22-12-11-21-16(24)18(2,3)4)23(5)13-14-9-7-8-10-15(14)19;/h7-10H,6,11-13H2,1-5H3,(H,20,22)(H,21,24);1H. The number of hydrogen-bond acceptors (Lipinski definition) is 2. The highest BCUT2D eigenvalue weighted by Gasteiger charge is 2.20. The zero-order valence-corrected chi connectivity index (χ0v) is 19.6. The van der Waals surface area contributed by atoms with Crippen LogP contribution in [0.15, 0.2) is 33.7 Å². The molecule has 5 nitrogen and oxygen atoms in total. The van der Waals surface area contributed by atoms with Crippen molar-refractivity contribution in [1.82, 2.24) is 15.5 Å². The molecule has 0 aliphatic carbocycles. The summed E-state index contributed by atoms with van der Waals surface area (Å²) in [7, 11) is 2.01. The third-order valence-electron chi connectivity index (χ3n) is 3.40. The number of rotatable bonds is 6. The summed E-state index contributed by atoms with van der Waals surface area (Å²) in [5, 5.41) is 6.21. The Bertz CT molecular complexity index is 572. The smallest absolute Gasteiger partial charge is 0.225 e. The molecule has 0 unspecified atom stereocenters. The third-order valence-corrected chi connectivity index (χ3v) is 4.18. The summed E-state index contributed by atoms with van der Waals surface area (Å²) in [5.41, 5.74) is 0.830. The second-order valence-electron chi connectivity index (χ2n) is 6.69. The Kier molecular flexibility index (Phi) is 11.3. The normalized spacial score (nSPS) is 11.5. The number of aliphatic imine (C=N–C) groups is 1. The van der Waals surface area contributed by atoms with Crippen molar-refractivity contribution in [1.29, 1.82) is 0 Å². The van der Waals surface area contributed by atoms with Gasteiger partial charge in [0.1, 0.15) is 0 Å². The van der Waals surface area contributed by atoms with Gasteiger partial charge in [-0.25, -0.2) is 0 Å². The molecular formula is C18H30BrIN4O. The van der Waals surface area contributed by atoms with Gasteiger partial charge in [-0.15, -0.1) is 24.0 Å². The molecule has 7 heteroatoms. The van der Waals surface area contributed by atoms with E-state index in [9.17, 15) is 4.79 Å². The summed E-state index contributed by atoms with van der Waals surface area (Å²) in [6, 6.07) is 8.16. The van der Waals surface area contributed by atoms with Crippen LogP contribution in [0.2, 0.25) is 0 Å². The Morgan fingerprint density at radius 3 is 2.44 bits per heavy atom. The lowest BCUT2D eigenvalue weighted by Crippen LogP contribution is -2.40. The maximum absolute atomic E-state index is 11.9. The molecule has 0 fully saturated rings. The van der Waals surface area contributed by atoms with Gasteiger partial charge >= 0.3 is 0 Å². The number of nitrogens with zero attached hydrogens (tertiary/aromatic N) is 2. The minimum atomic E-state index is -0.370. The van der Waals surface area contributed by atoms with Gasteiger partial charge in [0.2, 0.25) is 5.91 Å². The molecule has 0 bridgehead atoms. The molecule has 142 valence electrons. The van der Waals surface area contributed by atoms with Gasteiger partial charge in [-0.05, 0) is 18.6 Å². The first-order valence-corrected chi connectivity index (χ1v) is 9.06. The van der Waals surface area contributed by atoms with Gasteiger partial charge in [-0.1, -0.05) is 54.9 Å². The van der Waals surface area contributed by atoms with E-state index in [1.807, 2.05) is 52.9 Å². The molecule has 1 aromatic rings. The van der Waals surface area contributed by atoms with Crippen molar-refractivity contribution >= 4 is 51.8 Å². The van der Waals surface area contributed by atoms with Crippen LogP contribution in [0.4, 0.5) is 0 Å². The van der Waals surface area contributed by atoms with Crippen LogP contribution in [-0.4, -0.2) is 43.4 Å². The molecule has 0 saturated heterocycles. The van der Waals surface area contributed by atoms with Crippen molar-refractivity contribution in [3.63, 3.8) is 0 Å². The quantitative estimate of drug-likeness (QED) is 0.258. The first kappa shape index (κ1) is 24.2. The summed E-state index contributed by atoms with van der Waals surface area (Å²) < 4.78 is 1.09. The summed E-state index contributed by atoms with van der Waals surface area (Å²) in [6.07, 6.45) is 0. The Morgan fingerprint density at radius 2 is 1.88 bits per heavy atom. The highest BCUT2D eigenvalue weighted by molar-refractivity contribution is 14.0. The number of hydrogen-bond donors (Lipinski definition) is 2. The molecule has 1 aromatic carbocycles. The van der Waals surface area contributed by atoms with E-state index in [4.69, 9.17) is 0 Å². The van der Waals surface area contributed by atoms with E-state index in [0.29, 0.717) is 13.1 Å². The van der Waals surface area contributed by atoms with Gasteiger partial charge in [-0.3, -0.25) is 9.79 Å². The Balaban J connectivity index is 0.00000576. The molecule has 25 heavy (non-hydrogen) atoms. The predicted molar refractivity (Wildman–Crippen MR) is 119 cm³/mol. The van der Waals surface area contributed by atoms with E-state index in [0.717, 1.165) is 23.5 Å². The maximum atomic E-state index is 11.9. The van der Waals surface area contributed by atoms with E-state index in [-0.39, 0.29) is 35.3 Å². The van der Waals surface area contributed by atoms with Crippen molar-refractivity contribution in [3.05, 3.63) is 34.3 Å². The van der Waals surface area contributed by atoms with E-state index >= 15 is 0 Å². The van der Waals surface area contributed by atoms with Crippen LogP contribution in [0.1, 0.15) is 33.3 Å². The van der Waals surface area contributed by atoms with Crippen molar-refractivity contribution < 1.29 is 4.79 Å². The molecule has 2 N–H and O–H groups in total. The first-order valence-electron chi connectivity index (χ1n) is 8.27. The van der Waals surface area contributed by atoms with E-state index < -0.39 is 0 Å². The number of amides is 1. The summed E-state index contributed by atoms with van der Waals surface area (Å²) in [6.45, 7) is 10.4. The van der Waals surface area contributed by atoms with Crippen LogP contribution in [-0.2, 0) is 11.3 Å². The third kappa shape index (κ3) is 8.89. The van der Waals surface area contributed by atoms with Crippen molar-refractivity contribution in [2.75, 3.05) is 26.7 Å². The fourth-order valence-electron chi connectivity index (χ4n) is 2.02. The zero-order chi connectivity index (χ0) is 18.2. The SMILES string of the molecule is CCNC(=NCCNC(=O)C(C)(C)C)N(C)Cc1ccccc1Br.I. The zero-order valence-electron chi connectivity index (χ0n) is 15.7. The van der Waals surface area contributed by atoms with Gasteiger partial charge in [0.25, 0.3) is 0 Å². The average Bonchev–Trinajstić information content (AvgIpc) is 2.51. The van der Waals surface area contributed by atoms with E-state index in [1.165, 1.54) is 5.56 Å². The average molecular weight is 525 g/mol. The van der Waals surface area contributed by atoms with Crippen molar-refractivity contribution in [3.8, 4) is 0 Å². The lowest BCUT2D eigenvalue weighted by Gasteiger charge is -2.23. The van der Waals surface area contributed by atoms with Crippen LogP contribution in [0, 0.1) is 5.41 Å². The largest absolute Gasteiger partial charge is 0.357 e. The molecule has 1 rings (SSSR count). The Hall–Kier alpha value is -0.830. The lowest BCUT2D eigenvalue weighted by molar-refractivity contribution is -0.128. The number of nitrogens with one attached hydrogen (secondary N) is 2. The molecule has 0 aliphatic heterocycles. The van der Waals surface area contributed by atoms with E-state index in [2.05, 4.69) is 42.5 Å². The van der Waals surface area contributed by atoms with Crippen LogP contribution in [0.5, 0.6) is 0 Å². The summed E-state index contributed by atoms with van der Waals surface area (Å²) in [4.78, 5) is 18.5. The first-order chi connectivity index (χ1) is 11.3. The number of carbonyl (C=O) groups excluding carboxylic acids is 1. The van der Waals surface area contributed by atoms with Crippen LogP contribution >= 0.6 is 39.9 Å². The molecule has 0 saturated carbocycles. The predicted octanol–water partition coefficient (Wildman–Crippen LogP) is 3.63. The Morgan fingerprint density at radius 1 is 1.24 bits per heavy atom. The van der Waals surface area contributed by atoms with Crippen LogP contribution < -0.4 is 10.6 Å². The molecule has 0 atom stereocenters. The molecule has 0 aliphatic rings. The molecule has 0 heterocycles. The summed E-state index contributed by atoms with van der Waals surface area (Å²) >= 11 is 3.58. The number of guanidine groups is 1. The van der Waals surface area contributed by atoms with E-state index in [1.54, 1.807) is 0 Å². The summed E-state index contributed by atoms with van der Waals surface area (Å²) in [5.74, 6) is 0.877. The molecule has 0 spiro atoms. The number of carbonyl (C=O) groups is 1. The minimum absolute atomic E-state index is 0. The topological polar surface area (TPSA) is 56.7 Å².